The normalized spacial score (nSPS) is 14.6. The summed E-state index contributed by atoms with van der Waals surface area (Å²) in [5.41, 5.74) is 6.04. The number of nitrogens with zero attached hydrogens (tertiary/aromatic N) is 2. The maximum atomic E-state index is 13.2. The van der Waals surface area contributed by atoms with Gasteiger partial charge in [0.15, 0.2) is 0 Å². The van der Waals surface area contributed by atoms with Crippen LogP contribution in [-0.2, 0) is 0 Å². The van der Waals surface area contributed by atoms with E-state index in [0.717, 1.165) is 53.7 Å². The number of carbonyl (C=O) groups is 1. The average molecular weight is 344 g/mol. The lowest BCUT2D eigenvalue weighted by molar-refractivity contribution is 0.0726. The average Bonchev–Trinajstić information content (AvgIpc) is 2.67. The maximum absolute atomic E-state index is 13.2. The molecule has 1 aromatic heterocycles. The first-order valence-electron chi connectivity index (χ1n) is 9.40. The van der Waals surface area contributed by atoms with Crippen LogP contribution in [0, 0.1) is 13.8 Å². The highest BCUT2D eigenvalue weighted by atomic mass is 16.2. The van der Waals surface area contributed by atoms with Gasteiger partial charge in [-0.05, 0) is 50.8 Å². The zero-order valence-corrected chi connectivity index (χ0v) is 15.5. The Kier molecular flexibility index (Phi) is 4.46. The standard InChI is InChI=1S/C23H24N2O/c1-16-10-11-18(17(2)14-16)22-15-20(19-8-4-5-9-21(19)24-22)23(26)25-12-6-3-7-13-25/h4-5,8-11,14-15H,3,6-7,12-13H2,1-2H3. The lowest BCUT2D eigenvalue weighted by Gasteiger charge is -2.27. The Morgan fingerprint density at radius 2 is 1.73 bits per heavy atom. The quantitative estimate of drug-likeness (QED) is 0.644. The molecule has 2 heterocycles. The van der Waals surface area contributed by atoms with Crippen molar-refractivity contribution in [1.82, 2.24) is 9.88 Å². The summed E-state index contributed by atoms with van der Waals surface area (Å²) >= 11 is 0. The number of aromatic nitrogens is 1. The summed E-state index contributed by atoms with van der Waals surface area (Å²) in [4.78, 5) is 20.1. The highest BCUT2D eigenvalue weighted by Gasteiger charge is 2.21. The van der Waals surface area contributed by atoms with Crippen molar-refractivity contribution in [3.05, 3.63) is 65.2 Å². The summed E-state index contributed by atoms with van der Waals surface area (Å²) in [7, 11) is 0. The number of fused-ring (bicyclic) bond motifs is 1. The molecular formula is C23H24N2O. The largest absolute Gasteiger partial charge is 0.339 e. The summed E-state index contributed by atoms with van der Waals surface area (Å²) < 4.78 is 0. The van der Waals surface area contributed by atoms with Gasteiger partial charge in [0.1, 0.15) is 0 Å². The topological polar surface area (TPSA) is 33.2 Å². The first kappa shape index (κ1) is 16.8. The van der Waals surface area contributed by atoms with Gasteiger partial charge in [-0.2, -0.15) is 0 Å². The third-order valence-corrected chi connectivity index (χ3v) is 5.25. The van der Waals surface area contributed by atoms with Gasteiger partial charge < -0.3 is 4.90 Å². The minimum atomic E-state index is 0.134. The van der Waals surface area contributed by atoms with Crippen LogP contribution in [0.15, 0.2) is 48.5 Å². The number of hydrogen-bond donors (Lipinski definition) is 0. The molecule has 3 heteroatoms. The van der Waals surface area contributed by atoms with Gasteiger partial charge in [0.05, 0.1) is 16.8 Å². The van der Waals surface area contributed by atoms with E-state index in [9.17, 15) is 4.79 Å². The van der Waals surface area contributed by atoms with Crippen LogP contribution in [0.4, 0.5) is 0 Å². The minimum Gasteiger partial charge on any atom is -0.339 e. The van der Waals surface area contributed by atoms with Gasteiger partial charge in [-0.1, -0.05) is 42.0 Å². The van der Waals surface area contributed by atoms with E-state index in [4.69, 9.17) is 4.98 Å². The molecule has 26 heavy (non-hydrogen) atoms. The van der Waals surface area contributed by atoms with Crippen molar-refractivity contribution in [3.8, 4) is 11.3 Å². The van der Waals surface area contributed by atoms with E-state index in [0.29, 0.717) is 0 Å². The van der Waals surface area contributed by atoms with Gasteiger partial charge >= 0.3 is 0 Å². The number of aryl methyl sites for hydroxylation is 2. The monoisotopic (exact) mass is 344 g/mol. The maximum Gasteiger partial charge on any atom is 0.254 e. The molecule has 0 unspecified atom stereocenters. The van der Waals surface area contributed by atoms with Crippen molar-refractivity contribution in [2.45, 2.75) is 33.1 Å². The fourth-order valence-corrected chi connectivity index (χ4v) is 3.86. The second-order valence-corrected chi connectivity index (χ2v) is 7.24. The van der Waals surface area contributed by atoms with E-state index in [-0.39, 0.29) is 5.91 Å². The second kappa shape index (κ2) is 6.91. The van der Waals surface area contributed by atoms with E-state index in [1.165, 1.54) is 17.5 Å². The Labute approximate surface area is 154 Å². The zero-order valence-electron chi connectivity index (χ0n) is 15.5. The van der Waals surface area contributed by atoms with Crippen LogP contribution in [0.3, 0.4) is 0 Å². The summed E-state index contributed by atoms with van der Waals surface area (Å²) in [6, 6.07) is 16.3. The third kappa shape index (κ3) is 3.10. The van der Waals surface area contributed by atoms with Crippen LogP contribution in [0.1, 0.15) is 40.7 Å². The van der Waals surface area contributed by atoms with Crippen LogP contribution >= 0.6 is 0 Å². The molecule has 0 bridgehead atoms. The molecule has 4 rings (SSSR count). The molecule has 1 aliphatic rings. The van der Waals surface area contributed by atoms with Gasteiger partial charge in [0, 0.05) is 24.0 Å². The number of piperidine rings is 1. The predicted molar refractivity (Wildman–Crippen MR) is 106 cm³/mol. The molecule has 132 valence electrons. The molecule has 1 fully saturated rings. The summed E-state index contributed by atoms with van der Waals surface area (Å²) in [5.74, 6) is 0.134. The van der Waals surface area contributed by atoms with Gasteiger partial charge in [-0.25, -0.2) is 4.98 Å². The number of carbonyl (C=O) groups excluding carboxylic acids is 1. The lowest BCUT2D eigenvalue weighted by atomic mass is 9.98. The number of hydrogen-bond acceptors (Lipinski definition) is 2. The minimum absolute atomic E-state index is 0.134. The van der Waals surface area contributed by atoms with Gasteiger partial charge in [0.2, 0.25) is 0 Å². The van der Waals surface area contributed by atoms with Gasteiger partial charge in [0.25, 0.3) is 5.91 Å². The van der Waals surface area contributed by atoms with Crippen molar-refractivity contribution in [1.29, 1.82) is 0 Å². The third-order valence-electron chi connectivity index (χ3n) is 5.25. The first-order valence-corrected chi connectivity index (χ1v) is 9.40. The predicted octanol–water partition coefficient (Wildman–Crippen LogP) is 5.14. The van der Waals surface area contributed by atoms with Crippen molar-refractivity contribution in [3.63, 3.8) is 0 Å². The second-order valence-electron chi connectivity index (χ2n) is 7.24. The lowest BCUT2D eigenvalue weighted by Crippen LogP contribution is -2.35. The van der Waals surface area contributed by atoms with Crippen LogP contribution in [-0.4, -0.2) is 28.9 Å². The van der Waals surface area contributed by atoms with Gasteiger partial charge in [-0.15, -0.1) is 0 Å². The van der Waals surface area contributed by atoms with Crippen LogP contribution < -0.4 is 0 Å². The Bertz CT molecular complexity index is 971. The fourth-order valence-electron chi connectivity index (χ4n) is 3.86. The van der Waals surface area contributed by atoms with Crippen LogP contribution in [0.2, 0.25) is 0 Å². The Balaban J connectivity index is 1.87. The van der Waals surface area contributed by atoms with E-state index < -0.39 is 0 Å². The number of rotatable bonds is 2. The zero-order chi connectivity index (χ0) is 18.1. The molecule has 1 amide bonds. The van der Waals surface area contributed by atoms with E-state index >= 15 is 0 Å². The van der Waals surface area contributed by atoms with Crippen molar-refractivity contribution in [2.75, 3.05) is 13.1 Å². The molecule has 0 N–H and O–H groups in total. The number of likely N-dealkylation sites (tertiary alicyclic amines) is 1. The number of benzene rings is 2. The SMILES string of the molecule is Cc1ccc(-c2cc(C(=O)N3CCCCC3)c3ccccc3n2)c(C)c1. The summed E-state index contributed by atoms with van der Waals surface area (Å²) in [6.07, 6.45) is 3.41. The summed E-state index contributed by atoms with van der Waals surface area (Å²) in [6.45, 7) is 5.91. The molecule has 0 spiro atoms. The smallest absolute Gasteiger partial charge is 0.254 e. The first-order chi connectivity index (χ1) is 12.6. The highest BCUT2D eigenvalue weighted by molar-refractivity contribution is 6.07. The molecule has 3 aromatic rings. The number of amides is 1. The van der Waals surface area contributed by atoms with Crippen LogP contribution in [0.5, 0.6) is 0 Å². The van der Waals surface area contributed by atoms with E-state index in [2.05, 4.69) is 32.0 Å². The number of pyridine rings is 1. The van der Waals surface area contributed by atoms with Crippen molar-refractivity contribution in [2.24, 2.45) is 0 Å². The molecule has 2 aromatic carbocycles. The summed E-state index contributed by atoms with van der Waals surface area (Å²) in [5, 5.41) is 0.941. The molecule has 0 radical (unpaired) electrons. The molecule has 1 saturated heterocycles. The van der Waals surface area contributed by atoms with Gasteiger partial charge in [-0.3, -0.25) is 4.79 Å². The highest BCUT2D eigenvalue weighted by Crippen LogP contribution is 2.29. The number of para-hydroxylation sites is 1. The fraction of sp³-hybridized carbons (Fsp3) is 0.304. The molecule has 3 nitrogen and oxygen atoms in total. The Morgan fingerprint density at radius 3 is 2.50 bits per heavy atom. The molecular weight excluding hydrogens is 320 g/mol. The van der Waals surface area contributed by atoms with Crippen molar-refractivity contribution < 1.29 is 4.79 Å². The molecule has 0 aliphatic carbocycles. The van der Waals surface area contributed by atoms with Crippen LogP contribution in [0.25, 0.3) is 22.2 Å². The van der Waals surface area contributed by atoms with E-state index in [1.807, 2.05) is 35.2 Å². The van der Waals surface area contributed by atoms with Crippen molar-refractivity contribution >= 4 is 16.8 Å². The molecule has 0 atom stereocenters. The van der Waals surface area contributed by atoms with E-state index in [1.54, 1.807) is 0 Å². The molecule has 0 saturated carbocycles. The Morgan fingerprint density at radius 1 is 0.962 bits per heavy atom. The Hall–Kier alpha value is -2.68. The molecule has 1 aliphatic heterocycles.